The summed E-state index contributed by atoms with van der Waals surface area (Å²) in [4.78, 5) is 26.2. The minimum atomic E-state index is -0.871. The molecule has 2 atom stereocenters. The number of carbonyl (C=O) groups excluding carboxylic acids is 2. The number of hydrogen-bond acceptors (Lipinski definition) is 9. The standard InChI is InChI=1S/C18H29N3O5.C12H18Cl2N2O/c1-18(2,3)19-11-15(22)12-8-13(25-16(23)20(4)5)10-14(9-12)26-17(24)21(6)7;1-12(2,3)16-6-10(17)7-4-8(13)11(15)9(14)5-7/h8-10,15,19,22H,11H2,1-7H3;4-5,10,16-17H,6,15H2,1-3H3. The lowest BCUT2D eigenvalue weighted by Gasteiger charge is -2.23. The molecule has 242 valence electrons. The van der Waals surface area contributed by atoms with E-state index >= 15 is 0 Å². The number of β-amino-alcohol motifs (C(OH)–C–C–N with tert-alkyl or cyclic N) is 2. The summed E-state index contributed by atoms with van der Waals surface area (Å²) in [5.74, 6) is 0.357. The van der Waals surface area contributed by atoms with Crippen LogP contribution in [0.3, 0.4) is 0 Å². The van der Waals surface area contributed by atoms with Gasteiger partial charge in [-0.05, 0) is 76.9 Å². The van der Waals surface area contributed by atoms with Gasteiger partial charge >= 0.3 is 12.2 Å². The Hall–Kier alpha value is -2.80. The van der Waals surface area contributed by atoms with E-state index in [1.54, 1.807) is 52.5 Å². The molecule has 0 aliphatic rings. The number of amides is 2. The second-order valence-corrected chi connectivity index (χ2v) is 13.3. The van der Waals surface area contributed by atoms with Gasteiger partial charge in [0.15, 0.2) is 0 Å². The number of ether oxygens (including phenoxy) is 2. The third-order valence-electron chi connectivity index (χ3n) is 5.57. The van der Waals surface area contributed by atoms with Crippen molar-refractivity contribution in [2.75, 3.05) is 47.0 Å². The Morgan fingerprint density at radius 3 is 1.37 bits per heavy atom. The second-order valence-electron chi connectivity index (χ2n) is 12.5. The molecule has 43 heavy (non-hydrogen) atoms. The van der Waals surface area contributed by atoms with Gasteiger partial charge in [0.25, 0.3) is 0 Å². The molecule has 0 bridgehead atoms. The molecule has 6 N–H and O–H groups in total. The molecule has 0 fully saturated rings. The summed E-state index contributed by atoms with van der Waals surface area (Å²) in [6.07, 6.45) is -2.68. The summed E-state index contributed by atoms with van der Waals surface area (Å²) >= 11 is 11.8. The number of rotatable bonds is 8. The summed E-state index contributed by atoms with van der Waals surface area (Å²) < 4.78 is 10.5. The van der Waals surface area contributed by atoms with Gasteiger partial charge in [0.1, 0.15) is 11.5 Å². The zero-order valence-electron chi connectivity index (χ0n) is 26.7. The highest BCUT2D eigenvalue weighted by Crippen LogP contribution is 2.31. The SMILES string of the molecule is CC(C)(C)NCC(O)c1cc(Cl)c(N)c(Cl)c1.CN(C)C(=O)Oc1cc(OC(=O)N(C)C)cc(C(O)CNC(C)(C)C)c1. The lowest BCUT2D eigenvalue weighted by molar-refractivity contribution is 0.159. The van der Waals surface area contributed by atoms with Crippen molar-refractivity contribution >= 4 is 41.1 Å². The number of carbonyl (C=O) groups is 2. The number of nitrogen functional groups attached to an aromatic ring is 1. The molecule has 2 unspecified atom stereocenters. The second kappa shape index (κ2) is 16.3. The smallest absolute Gasteiger partial charge is 0.410 e. The van der Waals surface area contributed by atoms with E-state index in [0.717, 1.165) is 0 Å². The Kier molecular flexibility index (Phi) is 14.5. The molecule has 0 radical (unpaired) electrons. The third kappa shape index (κ3) is 14.5. The first-order chi connectivity index (χ1) is 19.6. The Morgan fingerprint density at radius 2 is 1.07 bits per heavy atom. The van der Waals surface area contributed by atoms with E-state index in [1.165, 1.54) is 15.9 Å². The Morgan fingerprint density at radius 1 is 0.744 bits per heavy atom. The van der Waals surface area contributed by atoms with Crippen LogP contribution >= 0.6 is 23.2 Å². The van der Waals surface area contributed by atoms with Crippen LogP contribution in [0.5, 0.6) is 11.5 Å². The van der Waals surface area contributed by atoms with Crippen LogP contribution in [-0.4, -0.2) is 84.6 Å². The van der Waals surface area contributed by atoms with Crippen molar-refractivity contribution in [3.8, 4) is 11.5 Å². The van der Waals surface area contributed by atoms with E-state index in [-0.39, 0.29) is 29.1 Å². The van der Waals surface area contributed by atoms with Gasteiger partial charge in [0.05, 0.1) is 27.9 Å². The third-order valence-corrected chi connectivity index (χ3v) is 6.19. The average molecular weight is 645 g/mol. The molecule has 2 rings (SSSR count). The van der Waals surface area contributed by atoms with E-state index in [2.05, 4.69) is 10.6 Å². The number of nitrogens with zero attached hydrogens (tertiary/aromatic N) is 2. The van der Waals surface area contributed by atoms with Crippen LogP contribution in [0.25, 0.3) is 0 Å². The van der Waals surface area contributed by atoms with Gasteiger partial charge in [-0.2, -0.15) is 0 Å². The molecular formula is C30H47Cl2N5O6. The Labute approximate surface area is 265 Å². The van der Waals surface area contributed by atoms with E-state index in [1.807, 2.05) is 41.5 Å². The number of nitrogens with one attached hydrogen (secondary N) is 2. The summed E-state index contributed by atoms with van der Waals surface area (Å²) in [5, 5.41) is 27.6. The number of nitrogens with two attached hydrogens (primary N) is 1. The first kappa shape index (κ1) is 38.2. The van der Waals surface area contributed by atoms with Crippen molar-refractivity contribution in [1.82, 2.24) is 20.4 Å². The summed E-state index contributed by atoms with van der Waals surface area (Å²) in [5.41, 5.74) is 6.87. The predicted molar refractivity (Wildman–Crippen MR) is 172 cm³/mol. The molecular weight excluding hydrogens is 597 g/mol. The zero-order chi connectivity index (χ0) is 33.3. The maximum absolute atomic E-state index is 11.8. The van der Waals surface area contributed by atoms with Crippen LogP contribution in [0.15, 0.2) is 30.3 Å². The fourth-order valence-electron chi connectivity index (χ4n) is 3.13. The van der Waals surface area contributed by atoms with Crippen molar-refractivity contribution in [2.24, 2.45) is 0 Å². The summed E-state index contributed by atoms with van der Waals surface area (Å²) in [6, 6.07) is 7.79. The molecule has 0 heterocycles. The van der Waals surface area contributed by atoms with Crippen molar-refractivity contribution in [3.05, 3.63) is 51.5 Å². The quantitative estimate of drug-likeness (QED) is 0.244. The van der Waals surface area contributed by atoms with Crippen LogP contribution in [-0.2, 0) is 0 Å². The minimum absolute atomic E-state index is 0.0532. The van der Waals surface area contributed by atoms with Gasteiger partial charge in [-0.25, -0.2) is 9.59 Å². The van der Waals surface area contributed by atoms with Crippen molar-refractivity contribution in [2.45, 2.75) is 64.8 Å². The van der Waals surface area contributed by atoms with Gasteiger partial charge in [-0.1, -0.05) is 23.2 Å². The van der Waals surface area contributed by atoms with Crippen LogP contribution in [0.1, 0.15) is 64.9 Å². The van der Waals surface area contributed by atoms with Crippen LogP contribution in [0, 0.1) is 0 Å². The number of aliphatic hydroxyl groups is 2. The first-order valence-electron chi connectivity index (χ1n) is 13.6. The zero-order valence-corrected chi connectivity index (χ0v) is 28.2. The fraction of sp³-hybridized carbons (Fsp3) is 0.533. The normalized spacial score (nSPS) is 12.9. The molecule has 2 aromatic carbocycles. The maximum Gasteiger partial charge on any atom is 0.414 e. The largest absolute Gasteiger partial charge is 0.414 e. The summed E-state index contributed by atoms with van der Waals surface area (Å²) in [6.45, 7) is 12.8. The highest BCUT2D eigenvalue weighted by atomic mass is 35.5. The molecule has 11 nitrogen and oxygen atoms in total. The van der Waals surface area contributed by atoms with Gasteiger partial charge in [0.2, 0.25) is 0 Å². The van der Waals surface area contributed by atoms with Crippen LogP contribution in [0.4, 0.5) is 15.3 Å². The van der Waals surface area contributed by atoms with Crippen molar-refractivity contribution in [1.29, 1.82) is 0 Å². The number of benzene rings is 2. The number of aliphatic hydroxyl groups excluding tert-OH is 2. The van der Waals surface area contributed by atoms with Crippen LogP contribution in [0.2, 0.25) is 10.0 Å². The highest BCUT2D eigenvalue weighted by molar-refractivity contribution is 6.38. The van der Waals surface area contributed by atoms with Gasteiger partial charge in [-0.15, -0.1) is 0 Å². The van der Waals surface area contributed by atoms with E-state index in [4.69, 9.17) is 38.4 Å². The van der Waals surface area contributed by atoms with Gasteiger partial charge in [0, 0.05) is 58.4 Å². The molecule has 0 saturated carbocycles. The minimum Gasteiger partial charge on any atom is -0.410 e. The van der Waals surface area contributed by atoms with Crippen molar-refractivity contribution < 1.29 is 29.3 Å². The topological polar surface area (TPSA) is 150 Å². The van der Waals surface area contributed by atoms with E-state index in [9.17, 15) is 19.8 Å². The van der Waals surface area contributed by atoms with E-state index in [0.29, 0.717) is 33.4 Å². The molecule has 0 aliphatic carbocycles. The monoisotopic (exact) mass is 643 g/mol. The summed E-state index contributed by atoms with van der Waals surface area (Å²) in [7, 11) is 6.23. The maximum atomic E-state index is 11.8. The molecule has 2 aromatic rings. The van der Waals surface area contributed by atoms with E-state index < -0.39 is 24.4 Å². The number of halogens is 2. The lowest BCUT2D eigenvalue weighted by atomic mass is 10.1. The fourth-order valence-corrected chi connectivity index (χ4v) is 3.63. The van der Waals surface area contributed by atoms with Crippen molar-refractivity contribution in [3.63, 3.8) is 0 Å². The average Bonchev–Trinajstić information content (AvgIpc) is 2.87. The lowest BCUT2D eigenvalue weighted by Crippen LogP contribution is -2.38. The first-order valence-corrected chi connectivity index (χ1v) is 14.4. The molecule has 0 saturated heterocycles. The molecule has 0 aromatic heterocycles. The number of anilines is 1. The Balaban J connectivity index is 0.000000469. The molecule has 0 aliphatic heterocycles. The highest BCUT2D eigenvalue weighted by Gasteiger charge is 2.19. The Bertz CT molecular complexity index is 1170. The van der Waals surface area contributed by atoms with Gasteiger partial charge < -0.3 is 45.9 Å². The van der Waals surface area contributed by atoms with Gasteiger partial charge in [-0.3, -0.25) is 0 Å². The van der Waals surface area contributed by atoms with Crippen LogP contribution < -0.4 is 25.8 Å². The number of hydrogen-bond donors (Lipinski definition) is 5. The predicted octanol–water partition coefficient (Wildman–Crippen LogP) is 5.23. The molecule has 0 spiro atoms. The molecule has 2 amide bonds. The molecule has 13 heteroatoms.